The highest BCUT2D eigenvalue weighted by Crippen LogP contribution is 2.59. The van der Waals surface area contributed by atoms with Crippen molar-refractivity contribution >= 4 is 20.0 Å². The molecule has 1 atom stereocenters. The summed E-state index contributed by atoms with van der Waals surface area (Å²) in [6.07, 6.45) is 4.12. The fourth-order valence-electron chi connectivity index (χ4n) is 3.26. The average molecular weight is 390 g/mol. The molecular formula is C21H27O3PS. The molecule has 0 aliphatic heterocycles. The zero-order valence-electron chi connectivity index (χ0n) is 15.5. The van der Waals surface area contributed by atoms with Gasteiger partial charge in [0.05, 0.1) is 6.61 Å². The van der Waals surface area contributed by atoms with Crippen LogP contribution in [0.5, 0.6) is 0 Å². The summed E-state index contributed by atoms with van der Waals surface area (Å²) in [5.41, 5.74) is 4.49. The Morgan fingerprint density at radius 3 is 2.08 bits per heavy atom. The third-order valence-corrected chi connectivity index (χ3v) is 7.08. The molecular weight excluding hydrogens is 363 g/mol. The Balaban J connectivity index is 1.98. The van der Waals surface area contributed by atoms with Crippen LogP contribution in [0.3, 0.4) is 0 Å². The van der Waals surface area contributed by atoms with Crippen molar-refractivity contribution in [3.05, 3.63) is 59.7 Å². The van der Waals surface area contributed by atoms with E-state index in [4.69, 9.17) is 9.05 Å². The molecule has 0 fully saturated rings. The van der Waals surface area contributed by atoms with Gasteiger partial charge in [0.25, 0.3) is 0 Å². The highest BCUT2D eigenvalue weighted by Gasteiger charge is 2.46. The number of thioether (sulfide) groups is 1. The lowest BCUT2D eigenvalue weighted by atomic mass is 10.1. The van der Waals surface area contributed by atoms with E-state index < -0.39 is 13.2 Å². The van der Waals surface area contributed by atoms with E-state index in [0.29, 0.717) is 6.61 Å². The maximum Gasteiger partial charge on any atom is 0.321 e. The van der Waals surface area contributed by atoms with Crippen molar-refractivity contribution in [3.63, 3.8) is 0 Å². The lowest BCUT2D eigenvalue weighted by Crippen LogP contribution is -2.23. The lowest BCUT2D eigenvalue weighted by molar-refractivity contribution is 0.168. The molecule has 0 saturated heterocycles. The quantitative estimate of drug-likeness (QED) is 0.259. The molecule has 1 aliphatic carbocycles. The fraction of sp³-hybridized carbons (Fsp3) is 0.429. The topological polar surface area (TPSA) is 35.5 Å². The SMILES string of the molecule is CCCCO[PH](=O)OC1(SCCCC)c2ccccc2-c2ccccc21. The number of fused-ring (bicyclic) bond motifs is 3. The van der Waals surface area contributed by atoms with Crippen LogP contribution in [0.2, 0.25) is 0 Å². The van der Waals surface area contributed by atoms with E-state index in [1.54, 1.807) is 11.8 Å². The van der Waals surface area contributed by atoms with Crippen molar-refractivity contribution in [1.29, 1.82) is 0 Å². The fourth-order valence-corrected chi connectivity index (χ4v) is 5.91. The first kappa shape index (κ1) is 19.7. The van der Waals surface area contributed by atoms with Crippen LogP contribution >= 0.6 is 20.0 Å². The van der Waals surface area contributed by atoms with Crippen LogP contribution in [0.1, 0.15) is 50.7 Å². The van der Waals surface area contributed by atoms with Gasteiger partial charge >= 0.3 is 8.25 Å². The molecule has 0 amide bonds. The predicted octanol–water partition coefficient (Wildman–Crippen LogP) is 6.62. The summed E-state index contributed by atoms with van der Waals surface area (Å²) in [7, 11) is -2.59. The van der Waals surface area contributed by atoms with Crippen LogP contribution < -0.4 is 0 Å². The van der Waals surface area contributed by atoms with Gasteiger partial charge < -0.3 is 4.52 Å². The minimum absolute atomic E-state index is 0.479. The molecule has 0 bridgehead atoms. The molecule has 0 radical (unpaired) electrons. The van der Waals surface area contributed by atoms with Crippen LogP contribution in [0.4, 0.5) is 0 Å². The van der Waals surface area contributed by atoms with Gasteiger partial charge in [-0.25, -0.2) is 0 Å². The Hall–Kier alpha value is -1.06. The molecule has 1 aliphatic rings. The normalized spacial score (nSPS) is 15.5. The Kier molecular flexibility index (Phi) is 6.99. The van der Waals surface area contributed by atoms with Gasteiger partial charge in [0.15, 0.2) is 4.93 Å². The summed E-state index contributed by atoms with van der Waals surface area (Å²) in [6.45, 7) is 4.75. The Labute approximate surface area is 161 Å². The van der Waals surface area contributed by atoms with Crippen LogP contribution in [0.15, 0.2) is 48.5 Å². The van der Waals surface area contributed by atoms with Crippen LogP contribution in [0.25, 0.3) is 11.1 Å². The molecule has 26 heavy (non-hydrogen) atoms. The molecule has 2 aromatic carbocycles. The summed E-state index contributed by atoms with van der Waals surface area (Å²) >= 11 is 1.73. The standard InChI is InChI=1S/C21H27O3PS/c1-3-5-15-23-25(22)24-21(26-16-6-4-2)19-13-9-7-11-17(19)18-12-8-10-14-20(18)21/h7-14,25H,3-6,15-16H2,1-2H3. The van der Waals surface area contributed by atoms with Crippen molar-refractivity contribution in [2.24, 2.45) is 0 Å². The second-order valence-corrected chi connectivity index (χ2v) is 8.73. The van der Waals surface area contributed by atoms with Gasteiger partial charge in [-0.2, -0.15) is 0 Å². The van der Waals surface area contributed by atoms with Crippen molar-refractivity contribution < 1.29 is 13.6 Å². The summed E-state index contributed by atoms with van der Waals surface area (Å²) < 4.78 is 24.4. The Bertz CT molecular complexity index is 717. The van der Waals surface area contributed by atoms with E-state index in [0.717, 1.165) is 53.7 Å². The number of rotatable bonds is 10. The van der Waals surface area contributed by atoms with E-state index in [2.05, 4.69) is 38.1 Å². The lowest BCUT2D eigenvalue weighted by Gasteiger charge is -2.31. The molecule has 2 aromatic rings. The van der Waals surface area contributed by atoms with Crippen molar-refractivity contribution in [2.75, 3.05) is 12.4 Å². The highest BCUT2D eigenvalue weighted by molar-refractivity contribution is 8.00. The molecule has 140 valence electrons. The molecule has 0 N–H and O–H groups in total. The molecule has 3 nitrogen and oxygen atoms in total. The second-order valence-electron chi connectivity index (χ2n) is 6.46. The monoisotopic (exact) mass is 390 g/mol. The zero-order chi connectivity index (χ0) is 18.4. The van der Waals surface area contributed by atoms with Gasteiger partial charge in [-0.1, -0.05) is 75.2 Å². The average Bonchev–Trinajstić information content (AvgIpc) is 2.93. The summed E-state index contributed by atoms with van der Waals surface area (Å²) in [5.74, 6) is 0.948. The van der Waals surface area contributed by atoms with E-state index in [1.165, 1.54) is 0 Å². The zero-order valence-corrected chi connectivity index (χ0v) is 17.3. The molecule has 3 rings (SSSR count). The van der Waals surface area contributed by atoms with E-state index in [-0.39, 0.29) is 0 Å². The molecule has 1 unspecified atom stereocenters. The van der Waals surface area contributed by atoms with Gasteiger partial charge in [0, 0.05) is 11.1 Å². The van der Waals surface area contributed by atoms with Crippen molar-refractivity contribution in [2.45, 2.75) is 44.5 Å². The second kappa shape index (κ2) is 9.23. The van der Waals surface area contributed by atoms with Gasteiger partial charge in [0.2, 0.25) is 0 Å². The van der Waals surface area contributed by atoms with Gasteiger partial charge in [-0.15, -0.1) is 11.8 Å². The molecule has 0 saturated carbocycles. The maximum absolute atomic E-state index is 12.7. The molecule has 5 heteroatoms. The Morgan fingerprint density at radius 1 is 0.923 bits per heavy atom. The number of unbranched alkanes of at least 4 members (excludes halogenated alkanes) is 2. The maximum atomic E-state index is 12.7. The van der Waals surface area contributed by atoms with Gasteiger partial charge in [0.1, 0.15) is 0 Å². The van der Waals surface area contributed by atoms with E-state index in [1.807, 2.05) is 24.3 Å². The van der Waals surface area contributed by atoms with Gasteiger partial charge in [-0.3, -0.25) is 9.09 Å². The largest absolute Gasteiger partial charge is 0.321 e. The minimum atomic E-state index is -2.59. The van der Waals surface area contributed by atoms with E-state index >= 15 is 0 Å². The summed E-state index contributed by atoms with van der Waals surface area (Å²) in [6, 6.07) is 16.6. The first-order chi connectivity index (χ1) is 12.7. The first-order valence-corrected chi connectivity index (χ1v) is 11.6. The van der Waals surface area contributed by atoms with Crippen molar-refractivity contribution in [1.82, 2.24) is 0 Å². The predicted molar refractivity (Wildman–Crippen MR) is 111 cm³/mol. The number of benzene rings is 2. The summed E-state index contributed by atoms with van der Waals surface area (Å²) in [5, 5.41) is 0. The first-order valence-electron chi connectivity index (χ1n) is 9.42. The van der Waals surface area contributed by atoms with Gasteiger partial charge in [-0.05, 0) is 29.7 Å². The third kappa shape index (κ3) is 3.94. The minimum Gasteiger partial charge on any atom is -0.311 e. The smallest absolute Gasteiger partial charge is 0.311 e. The number of hydrogen-bond acceptors (Lipinski definition) is 4. The van der Waals surface area contributed by atoms with Crippen LogP contribution in [0, 0.1) is 0 Å². The molecule has 0 spiro atoms. The molecule has 0 aromatic heterocycles. The van der Waals surface area contributed by atoms with Crippen LogP contribution in [-0.2, 0) is 18.5 Å². The molecule has 0 heterocycles. The van der Waals surface area contributed by atoms with Crippen LogP contribution in [-0.4, -0.2) is 12.4 Å². The third-order valence-electron chi connectivity index (χ3n) is 4.60. The van der Waals surface area contributed by atoms with E-state index in [9.17, 15) is 4.57 Å². The highest BCUT2D eigenvalue weighted by atomic mass is 32.2. The van der Waals surface area contributed by atoms with Crippen molar-refractivity contribution in [3.8, 4) is 11.1 Å². The number of hydrogen-bond donors (Lipinski definition) is 0. The summed E-state index contributed by atoms with van der Waals surface area (Å²) in [4.78, 5) is -0.745. The Morgan fingerprint density at radius 2 is 1.50 bits per heavy atom.